The maximum atomic E-state index is 14.9. The Morgan fingerprint density at radius 1 is 0.978 bits per heavy atom. The lowest BCUT2D eigenvalue weighted by Crippen LogP contribution is -2.54. The number of aliphatic hydroxyl groups is 1. The lowest BCUT2D eigenvalue weighted by atomic mass is 9.79. The van der Waals surface area contributed by atoms with Gasteiger partial charge in [0.2, 0.25) is 0 Å². The summed E-state index contributed by atoms with van der Waals surface area (Å²) in [6.45, 7) is 3.84. The summed E-state index contributed by atoms with van der Waals surface area (Å²) in [5.74, 6) is -1.15. The van der Waals surface area contributed by atoms with Gasteiger partial charge in [0.25, 0.3) is 0 Å². The second kappa shape index (κ2) is 13.9. The van der Waals surface area contributed by atoms with Gasteiger partial charge in [0.15, 0.2) is 0 Å². The third kappa shape index (κ3) is 8.05. The molecule has 0 aliphatic heterocycles. The number of hydrogen-bond donors (Lipinski definition) is 3. The Morgan fingerprint density at radius 3 is 2.41 bits per heavy atom. The number of amides is 2. The summed E-state index contributed by atoms with van der Waals surface area (Å²) >= 11 is 6.10. The fourth-order valence-corrected chi connectivity index (χ4v) is 5.86. The van der Waals surface area contributed by atoms with Crippen molar-refractivity contribution in [2.75, 3.05) is 0 Å². The van der Waals surface area contributed by atoms with Crippen LogP contribution in [-0.2, 0) is 29.5 Å². The number of carbonyl (C=O) groups excluding carboxylic acids is 1. The third-order valence-corrected chi connectivity index (χ3v) is 8.21. The molecule has 1 aliphatic rings. The molecular weight excluding hydrogens is 622 g/mol. The first kappa shape index (κ1) is 33.0. The molecule has 1 aromatic heterocycles. The SMILES string of the molecule is C=C(O)c1cccc(COC2CCC(NC(=O)N[C@@](Cc3ccccc3)(c3cc(F)cc(C(F)(F)F)c3)c3ccc(Cl)cn3)C2)c1. The van der Waals surface area contributed by atoms with E-state index in [1.54, 1.807) is 48.5 Å². The molecule has 1 fully saturated rings. The molecule has 0 radical (unpaired) electrons. The van der Waals surface area contributed by atoms with Gasteiger partial charge in [-0.3, -0.25) is 4.98 Å². The van der Waals surface area contributed by atoms with Gasteiger partial charge < -0.3 is 20.5 Å². The standard InChI is InChI=1S/C35H32ClF4N3O3/c1-22(44)25-9-5-8-24(14-25)21-46-31-12-11-30(18-31)42-33(45)43-34(19-23-6-3-2-4-7-23,32-13-10-28(36)20-41-32)26-15-27(35(38,39)40)17-29(37)16-26/h2-10,13-17,20,30-31,44H,1,11-12,18-19,21H2,(H2,42,43,45)/t30?,31?,34-/m0/s1. The highest BCUT2D eigenvalue weighted by Gasteiger charge is 2.41. The van der Waals surface area contributed by atoms with Crippen molar-refractivity contribution in [3.63, 3.8) is 0 Å². The van der Waals surface area contributed by atoms with Gasteiger partial charge in [0.05, 0.1) is 29.0 Å². The number of nitrogens with zero attached hydrogens (tertiary/aromatic N) is 1. The molecule has 1 aliphatic carbocycles. The number of hydrogen-bond acceptors (Lipinski definition) is 4. The number of benzene rings is 3. The fourth-order valence-electron chi connectivity index (χ4n) is 5.74. The van der Waals surface area contributed by atoms with Crippen molar-refractivity contribution >= 4 is 23.4 Å². The highest BCUT2D eigenvalue weighted by Crippen LogP contribution is 2.38. The number of aromatic nitrogens is 1. The molecule has 11 heteroatoms. The number of pyridine rings is 1. The zero-order valence-corrected chi connectivity index (χ0v) is 25.4. The molecule has 3 aromatic carbocycles. The van der Waals surface area contributed by atoms with Gasteiger partial charge >= 0.3 is 12.2 Å². The van der Waals surface area contributed by atoms with Gasteiger partial charge in [0, 0.05) is 24.2 Å². The predicted molar refractivity (Wildman–Crippen MR) is 168 cm³/mol. The first-order valence-corrected chi connectivity index (χ1v) is 15.0. The van der Waals surface area contributed by atoms with Crippen molar-refractivity contribution in [1.29, 1.82) is 0 Å². The highest BCUT2D eigenvalue weighted by molar-refractivity contribution is 6.30. The molecule has 3 atom stereocenters. The maximum Gasteiger partial charge on any atom is 0.416 e. The molecule has 5 rings (SSSR count). The first-order chi connectivity index (χ1) is 21.9. The second-order valence-corrected chi connectivity index (χ2v) is 11.8. The lowest BCUT2D eigenvalue weighted by molar-refractivity contribution is -0.137. The lowest BCUT2D eigenvalue weighted by Gasteiger charge is -2.36. The average molecular weight is 654 g/mol. The van der Waals surface area contributed by atoms with Gasteiger partial charge in [-0.15, -0.1) is 0 Å². The van der Waals surface area contributed by atoms with Gasteiger partial charge in [-0.1, -0.05) is 66.7 Å². The van der Waals surface area contributed by atoms with Crippen LogP contribution < -0.4 is 10.6 Å². The number of carbonyl (C=O) groups is 1. The van der Waals surface area contributed by atoms with Crippen LogP contribution in [0.25, 0.3) is 5.76 Å². The summed E-state index contributed by atoms with van der Waals surface area (Å²) in [6, 6.07) is 20.3. The average Bonchev–Trinajstić information content (AvgIpc) is 3.47. The molecule has 46 heavy (non-hydrogen) atoms. The molecule has 1 saturated carbocycles. The molecule has 4 aromatic rings. The van der Waals surface area contributed by atoms with Crippen molar-refractivity contribution in [2.45, 2.75) is 56.2 Å². The zero-order chi connectivity index (χ0) is 32.9. The summed E-state index contributed by atoms with van der Waals surface area (Å²) in [6.07, 6.45) is -1.92. The van der Waals surface area contributed by atoms with Crippen LogP contribution in [0.15, 0.2) is 97.7 Å². The van der Waals surface area contributed by atoms with Crippen molar-refractivity contribution in [3.8, 4) is 0 Å². The molecule has 1 heterocycles. The van der Waals surface area contributed by atoms with Crippen LogP contribution in [-0.4, -0.2) is 28.3 Å². The Morgan fingerprint density at radius 2 is 1.72 bits per heavy atom. The predicted octanol–water partition coefficient (Wildman–Crippen LogP) is 8.35. The van der Waals surface area contributed by atoms with E-state index < -0.39 is 29.1 Å². The fraction of sp³-hybridized carbons (Fsp3) is 0.257. The van der Waals surface area contributed by atoms with Crippen molar-refractivity contribution in [2.24, 2.45) is 0 Å². The van der Waals surface area contributed by atoms with Gasteiger partial charge in [-0.2, -0.15) is 13.2 Å². The molecule has 0 bridgehead atoms. The van der Waals surface area contributed by atoms with Gasteiger partial charge in [-0.05, 0) is 72.4 Å². The number of urea groups is 1. The second-order valence-electron chi connectivity index (χ2n) is 11.3. The number of rotatable bonds is 10. The Bertz CT molecular complexity index is 1690. The quantitative estimate of drug-likeness (QED) is 0.119. The Labute approximate surface area is 269 Å². The summed E-state index contributed by atoms with van der Waals surface area (Å²) in [5, 5.41) is 15.8. The molecule has 0 spiro atoms. The van der Waals surface area contributed by atoms with E-state index in [1.165, 1.54) is 18.3 Å². The number of aliphatic hydroxyl groups excluding tert-OH is 1. The van der Waals surface area contributed by atoms with Gasteiger partial charge in [0.1, 0.15) is 17.1 Å². The summed E-state index contributed by atoms with van der Waals surface area (Å²) in [5.41, 5.74) is -0.741. The Balaban J connectivity index is 1.41. The molecule has 2 unspecified atom stereocenters. The highest BCUT2D eigenvalue weighted by atomic mass is 35.5. The van der Waals surface area contributed by atoms with E-state index in [0.717, 1.165) is 17.7 Å². The van der Waals surface area contributed by atoms with E-state index in [2.05, 4.69) is 22.2 Å². The molecule has 3 N–H and O–H groups in total. The monoisotopic (exact) mass is 653 g/mol. The van der Waals surface area contributed by atoms with E-state index in [1.807, 2.05) is 6.07 Å². The molecular formula is C35H32ClF4N3O3. The van der Waals surface area contributed by atoms with Gasteiger partial charge in [-0.25, -0.2) is 9.18 Å². The third-order valence-electron chi connectivity index (χ3n) is 7.99. The Kier molecular flexibility index (Phi) is 9.98. The summed E-state index contributed by atoms with van der Waals surface area (Å²) in [4.78, 5) is 18.1. The van der Waals surface area contributed by atoms with E-state index >= 15 is 0 Å². The minimum Gasteiger partial charge on any atom is -0.508 e. The van der Waals surface area contributed by atoms with E-state index in [-0.39, 0.29) is 40.6 Å². The minimum absolute atomic E-state index is 0.0353. The molecule has 240 valence electrons. The summed E-state index contributed by atoms with van der Waals surface area (Å²) in [7, 11) is 0. The van der Waals surface area contributed by atoms with Crippen molar-refractivity contribution in [1.82, 2.24) is 15.6 Å². The largest absolute Gasteiger partial charge is 0.508 e. The summed E-state index contributed by atoms with van der Waals surface area (Å²) < 4.78 is 62.6. The van der Waals surface area contributed by atoms with E-state index in [4.69, 9.17) is 16.3 Å². The minimum atomic E-state index is -4.84. The number of nitrogens with one attached hydrogen (secondary N) is 2. The zero-order valence-electron chi connectivity index (χ0n) is 24.7. The molecule has 6 nitrogen and oxygen atoms in total. The van der Waals surface area contributed by atoms with Crippen LogP contribution in [0.5, 0.6) is 0 Å². The molecule has 0 saturated heterocycles. The van der Waals surface area contributed by atoms with Crippen LogP contribution in [0.1, 0.15) is 52.8 Å². The van der Waals surface area contributed by atoms with Crippen LogP contribution in [0.4, 0.5) is 22.4 Å². The first-order valence-electron chi connectivity index (χ1n) is 14.6. The maximum absolute atomic E-state index is 14.9. The van der Waals surface area contributed by atoms with Crippen LogP contribution in [0.2, 0.25) is 5.02 Å². The number of alkyl halides is 3. The van der Waals surface area contributed by atoms with Crippen molar-refractivity contribution < 1.29 is 32.2 Å². The Hall–Kier alpha value is -4.41. The van der Waals surface area contributed by atoms with Crippen LogP contribution >= 0.6 is 11.6 Å². The smallest absolute Gasteiger partial charge is 0.416 e. The molecule has 2 amide bonds. The number of halogens is 5. The normalized spacial score (nSPS) is 17.7. The van der Waals surface area contributed by atoms with Crippen LogP contribution in [0.3, 0.4) is 0 Å². The van der Waals surface area contributed by atoms with Crippen molar-refractivity contribution in [3.05, 3.63) is 142 Å². The van der Waals surface area contributed by atoms with E-state index in [9.17, 15) is 27.5 Å². The number of ether oxygens (including phenoxy) is 1. The van der Waals surface area contributed by atoms with E-state index in [0.29, 0.717) is 43.1 Å². The topological polar surface area (TPSA) is 83.5 Å². The van der Waals surface area contributed by atoms with Crippen LogP contribution in [0, 0.1) is 5.82 Å².